The van der Waals surface area contributed by atoms with Crippen LogP contribution in [0.25, 0.3) is 0 Å². The summed E-state index contributed by atoms with van der Waals surface area (Å²) < 4.78 is 0. The maximum absolute atomic E-state index is 11.6. The summed E-state index contributed by atoms with van der Waals surface area (Å²) in [6, 6.07) is -0.582. The molecular weight excluding hydrogens is 242 g/mol. The number of urea groups is 1. The second-order valence-corrected chi connectivity index (χ2v) is 4.21. The molecule has 1 unspecified atom stereocenters. The number of carboxylic acids is 1. The number of aliphatic hydroxyl groups is 1. The predicted octanol–water partition coefficient (Wildman–Crippen LogP) is -1.27. The molecule has 5 N–H and O–H groups in total. The molecule has 3 amide bonds. The summed E-state index contributed by atoms with van der Waals surface area (Å²) in [6.45, 7) is 2.77. The lowest BCUT2D eigenvalue weighted by Gasteiger charge is -2.25. The largest absolute Gasteiger partial charge is 0.481 e. The van der Waals surface area contributed by atoms with Crippen LogP contribution in [-0.2, 0) is 9.59 Å². The van der Waals surface area contributed by atoms with Gasteiger partial charge in [-0.1, -0.05) is 0 Å². The first-order valence-corrected chi connectivity index (χ1v) is 5.43. The maximum Gasteiger partial charge on any atom is 0.317 e. The van der Waals surface area contributed by atoms with E-state index >= 15 is 0 Å². The smallest absolute Gasteiger partial charge is 0.317 e. The number of likely N-dealkylation sites (N-methyl/N-ethyl adjacent to an activating group) is 1. The number of nitrogens with one attached hydrogen (secondary N) is 1. The average molecular weight is 261 g/mol. The van der Waals surface area contributed by atoms with E-state index in [-0.39, 0.29) is 19.6 Å². The van der Waals surface area contributed by atoms with Crippen LogP contribution in [0.4, 0.5) is 4.79 Å². The average Bonchev–Trinajstić information content (AvgIpc) is 2.20. The fraction of sp³-hybridized carbons (Fsp3) is 0.700. The molecule has 8 heteroatoms. The van der Waals surface area contributed by atoms with E-state index in [1.807, 2.05) is 0 Å². The second-order valence-electron chi connectivity index (χ2n) is 4.21. The number of hydrogen-bond donors (Lipinski definition) is 4. The molecule has 0 bridgehead atoms. The minimum absolute atomic E-state index is 0.229. The zero-order chi connectivity index (χ0) is 14.3. The van der Waals surface area contributed by atoms with E-state index in [2.05, 4.69) is 5.32 Å². The van der Waals surface area contributed by atoms with E-state index in [4.69, 9.17) is 10.8 Å². The highest BCUT2D eigenvalue weighted by molar-refractivity contribution is 5.83. The number of carbonyl (C=O) groups excluding carboxylic acids is 2. The van der Waals surface area contributed by atoms with Gasteiger partial charge in [-0.15, -0.1) is 0 Å². The Bertz CT molecular complexity index is 329. The third-order valence-electron chi connectivity index (χ3n) is 2.17. The van der Waals surface area contributed by atoms with Crippen molar-refractivity contribution >= 4 is 17.9 Å². The number of carbonyl (C=O) groups is 3. The quantitative estimate of drug-likeness (QED) is 0.453. The van der Waals surface area contributed by atoms with Crippen LogP contribution < -0.4 is 11.1 Å². The Morgan fingerprint density at radius 1 is 1.39 bits per heavy atom. The molecule has 0 fully saturated rings. The van der Waals surface area contributed by atoms with Crippen molar-refractivity contribution in [3.05, 3.63) is 0 Å². The summed E-state index contributed by atoms with van der Waals surface area (Å²) in [5, 5.41) is 20.6. The highest BCUT2D eigenvalue weighted by Crippen LogP contribution is 2.07. The summed E-state index contributed by atoms with van der Waals surface area (Å²) in [6.07, 6.45) is -0.491. The monoisotopic (exact) mass is 261 g/mol. The lowest BCUT2D eigenvalue weighted by Crippen LogP contribution is -2.49. The molecule has 0 aromatic rings. The molecule has 0 heterocycles. The summed E-state index contributed by atoms with van der Waals surface area (Å²) in [4.78, 5) is 33.9. The summed E-state index contributed by atoms with van der Waals surface area (Å²) in [5.41, 5.74) is 3.42. The lowest BCUT2D eigenvalue weighted by atomic mass is 10.0. The predicted molar refractivity (Wildman–Crippen MR) is 62.7 cm³/mol. The van der Waals surface area contributed by atoms with Crippen LogP contribution in [0.1, 0.15) is 20.3 Å². The molecule has 0 saturated heterocycles. The first-order valence-electron chi connectivity index (χ1n) is 5.43. The van der Waals surface area contributed by atoms with Gasteiger partial charge in [-0.3, -0.25) is 9.59 Å². The molecule has 0 spiro atoms. The van der Waals surface area contributed by atoms with Gasteiger partial charge in [0.1, 0.15) is 6.54 Å². The van der Waals surface area contributed by atoms with Crippen LogP contribution in [-0.4, -0.2) is 58.3 Å². The molecule has 1 atom stereocenters. The number of primary amides is 1. The maximum atomic E-state index is 11.6. The summed E-state index contributed by atoms with van der Waals surface area (Å²) >= 11 is 0. The van der Waals surface area contributed by atoms with Gasteiger partial charge < -0.3 is 26.2 Å². The highest BCUT2D eigenvalue weighted by Gasteiger charge is 2.25. The van der Waals surface area contributed by atoms with Crippen LogP contribution in [0.3, 0.4) is 0 Å². The molecule has 0 rings (SSSR count). The van der Waals surface area contributed by atoms with Gasteiger partial charge in [0.15, 0.2) is 0 Å². The van der Waals surface area contributed by atoms with Crippen LogP contribution in [0.5, 0.6) is 0 Å². The van der Waals surface area contributed by atoms with Gasteiger partial charge in [0.2, 0.25) is 5.91 Å². The van der Waals surface area contributed by atoms with Gasteiger partial charge in [-0.25, -0.2) is 4.79 Å². The number of hydrogen-bond acceptors (Lipinski definition) is 4. The number of aliphatic carboxylic acids is 1. The molecular formula is C10H19N3O5. The van der Waals surface area contributed by atoms with Crippen LogP contribution in [0.2, 0.25) is 0 Å². The molecule has 104 valence electrons. The molecule has 0 aliphatic carbocycles. The Morgan fingerprint density at radius 3 is 2.33 bits per heavy atom. The van der Waals surface area contributed by atoms with Gasteiger partial charge >= 0.3 is 12.0 Å². The molecule has 0 aliphatic heterocycles. The zero-order valence-electron chi connectivity index (χ0n) is 10.5. The molecule has 0 aromatic heterocycles. The standard InChI is InChI=1S/C10H19N3O5/c1-3-13(5-7(11)14)9(17)12-6-10(2,18)4-8(15)16/h18H,3-6H2,1-2H3,(H2,11,14)(H,12,17)(H,15,16). The van der Waals surface area contributed by atoms with Crippen molar-refractivity contribution < 1.29 is 24.6 Å². The Kier molecular flexibility index (Phi) is 6.11. The molecule has 0 aliphatic rings. The number of amides is 3. The molecule has 18 heavy (non-hydrogen) atoms. The number of rotatable bonds is 7. The fourth-order valence-corrected chi connectivity index (χ4v) is 1.28. The molecule has 0 radical (unpaired) electrons. The molecule has 0 saturated carbocycles. The van der Waals surface area contributed by atoms with Gasteiger partial charge in [0.05, 0.1) is 12.0 Å². The minimum Gasteiger partial charge on any atom is -0.481 e. The Labute approximate surface area is 105 Å². The second kappa shape index (κ2) is 6.80. The number of carboxylic acid groups (broad SMARTS) is 1. The summed E-state index contributed by atoms with van der Waals surface area (Å²) in [5.74, 6) is -1.82. The van der Waals surface area contributed by atoms with Gasteiger partial charge in [-0.2, -0.15) is 0 Å². The Balaban J connectivity index is 4.30. The van der Waals surface area contributed by atoms with E-state index in [0.717, 1.165) is 4.90 Å². The third kappa shape index (κ3) is 6.69. The highest BCUT2D eigenvalue weighted by atomic mass is 16.4. The Morgan fingerprint density at radius 2 is 1.94 bits per heavy atom. The van der Waals surface area contributed by atoms with E-state index < -0.39 is 29.9 Å². The van der Waals surface area contributed by atoms with Crippen molar-refractivity contribution in [3.63, 3.8) is 0 Å². The number of nitrogens with two attached hydrogens (primary N) is 1. The van der Waals surface area contributed by atoms with Crippen LogP contribution in [0, 0.1) is 0 Å². The van der Waals surface area contributed by atoms with Crippen LogP contribution in [0.15, 0.2) is 0 Å². The van der Waals surface area contributed by atoms with Gasteiger partial charge in [0.25, 0.3) is 0 Å². The first-order chi connectivity index (χ1) is 8.18. The topological polar surface area (TPSA) is 133 Å². The van der Waals surface area contributed by atoms with Gasteiger partial charge in [0, 0.05) is 13.1 Å². The van der Waals surface area contributed by atoms with Crippen molar-refractivity contribution in [2.24, 2.45) is 5.73 Å². The lowest BCUT2D eigenvalue weighted by molar-refractivity contribution is -0.141. The number of nitrogens with zero attached hydrogens (tertiary/aromatic N) is 1. The fourth-order valence-electron chi connectivity index (χ4n) is 1.28. The zero-order valence-corrected chi connectivity index (χ0v) is 10.5. The van der Waals surface area contributed by atoms with Crippen molar-refractivity contribution in [1.82, 2.24) is 10.2 Å². The van der Waals surface area contributed by atoms with E-state index in [0.29, 0.717) is 0 Å². The van der Waals surface area contributed by atoms with Crippen LogP contribution >= 0.6 is 0 Å². The third-order valence-corrected chi connectivity index (χ3v) is 2.17. The van der Waals surface area contributed by atoms with Crippen molar-refractivity contribution in [3.8, 4) is 0 Å². The minimum atomic E-state index is -1.55. The Hall–Kier alpha value is -1.83. The molecule has 0 aromatic carbocycles. The van der Waals surface area contributed by atoms with E-state index in [1.165, 1.54) is 6.92 Å². The normalized spacial score (nSPS) is 13.5. The SMILES string of the molecule is CCN(CC(N)=O)C(=O)NCC(C)(O)CC(=O)O. The van der Waals surface area contributed by atoms with Gasteiger partial charge in [-0.05, 0) is 13.8 Å². The molecule has 8 nitrogen and oxygen atoms in total. The van der Waals surface area contributed by atoms with Crippen molar-refractivity contribution in [2.75, 3.05) is 19.6 Å². The van der Waals surface area contributed by atoms with Crippen molar-refractivity contribution in [2.45, 2.75) is 25.9 Å². The first kappa shape index (κ1) is 16.2. The van der Waals surface area contributed by atoms with Crippen molar-refractivity contribution in [1.29, 1.82) is 0 Å². The van der Waals surface area contributed by atoms with E-state index in [1.54, 1.807) is 6.92 Å². The summed E-state index contributed by atoms with van der Waals surface area (Å²) in [7, 11) is 0. The van der Waals surface area contributed by atoms with E-state index in [9.17, 15) is 19.5 Å².